The van der Waals surface area contributed by atoms with Crippen molar-refractivity contribution in [2.75, 3.05) is 38.2 Å². The number of nitrogens with zero attached hydrogens (tertiary/aromatic N) is 3. The first-order valence-electron chi connectivity index (χ1n) is 9.20. The van der Waals surface area contributed by atoms with Gasteiger partial charge in [-0.15, -0.1) is 0 Å². The predicted octanol–water partition coefficient (Wildman–Crippen LogP) is 2.71. The highest BCUT2D eigenvalue weighted by molar-refractivity contribution is 6.00. The topological polar surface area (TPSA) is 62.7 Å². The molecule has 1 fully saturated rings. The van der Waals surface area contributed by atoms with E-state index in [0.29, 0.717) is 24.4 Å². The Morgan fingerprint density at radius 1 is 1.07 bits per heavy atom. The average molecular weight is 367 g/mol. The minimum Gasteiger partial charge on any atom is -0.496 e. The number of pyridine rings is 1. The summed E-state index contributed by atoms with van der Waals surface area (Å²) < 4.78 is 5.27. The maximum absolute atomic E-state index is 12.5. The minimum atomic E-state index is -0.0592. The van der Waals surface area contributed by atoms with Crippen molar-refractivity contribution in [2.24, 2.45) is 0 Å². The van der Waals surface area contributed by atoms with Gasteiger partial charge in [0.1, 0.15) is 11.6 Å². The Morgan fingerprint density at radius 2 is 1.85 bits per heavy atom. The van der Waals surface area contributed by atoms with E-state index in [0.717, 1.165) is 24.5 Å². The van der Waals surface area contributed by atoms with Crippen LogP contribution in [0.1, 0.15) is 28.8 Å². The zero-order chi connectivity index (χ0) is 19.2. The molecule has 2 heterocycles. The first-order valence-corrected chi connectivity index (χ1v) is 9.20. The SMILES string of the molecule is COc1ccc(C)cc1C(=O)CCC(=O)N1CCN(c2ccccn2)CC1. The number of carbonyl (C=O) groups is 2. The number of ether oxygens (including phenoxy) is 1. The second-order valence-corrected chi connectivity index (χ2v) is 6.68. The Hall–Kier alpha value is -2.89. The van der Waals surface area contributed by atoms with E-state index in [1.54, 1.807) is 19.4 Å². The summed E-state index contributed by atoms with van der Waals surface area (Å²) in [6, 6.07) is 11.3. The Balaban J connectivity index is 1.52. The highest BCUT2D eigenvalue weighted by Gasteiger charge is 2.23. The molecule has 0 aliphatic carbocycles. The summed E-state index contributed by atoms with van der Waals surface area (Å²) in [7, 11) is 1.55. The molecule has 2 aromatic rings. The molecule has 1 aliphatic heterocycles. The van der Waals surface area contributed by atoms with Crippen molar-refractivity contribution in [1.29, 1.82) is 0 Å². The highest BCUT2D eigenvalue weighted by atomic mass is 16.5. The molecular weight excluding hydrogens is 342 g/mol. The molecule has 27 heavy (non-hydrogen) atoms. The lowest BCUT2D eigenvalue weighted by Gasteiger charge is -2.35. The summed E-state index contributed by atoms with van der Waals surface area (Å²) in [5.41, 5.74) is 1.54. The number of benzene rings is 1. The maximum atomic E-state index is 12.5. The number of ketones is 1. The smallest absolute Gasteiger partial charge is 0.223 e. The van der Waals surface area contributed by atoms with Crippen LogP contribution in [0, 0.1) is 6.92 Å². The van der Waals surface area contributed by atoms with E-state index in [-0.39, 0.29) is 24.5 Å². The number of hydrogen-bond donors (Lipinski definition) is 0. The number of anilines is 1. The molecule has 0 unspecified atom stereocenters. The van der Waals surface area contributed by atoms with Crippen molar-refractivity contribution < 1.29 is 14.3 Å². The number of methoxy groups -OCH3 is 1. The Labute approximate surface area is 159 Å². The molecule has 3 rings (SSSR count). The summed E-state index contributed by atoms with van der Waals surface area (Å²) in [4.78, 5) is 33.4. The van der Waals surface area contributed by atoms with Crippen LogP contribution in [0.4, 0.5) is 5.82 Å². The van der Waals surface area contributed by atoms with Gasteiger partial charge < -0.3 is 14.5 Å². The summed E-state index contributed by atoms with van der Waals surface area (Å²) in [5.74, 6) is 1.46. The third-order valence-electron chi connectivity index (χ3n) is 4.83. The molecule has 1 amide bonds. The second kappa shape index (κ2) is 8.66. The molecule has 1 aliphatic rings. The quantitative estimate of drug-likeness (QED) is 0.735. The molecule has 1 aromatic carbocycles. The van der Waals surface area contributed by atoms with Gasteiger partial charge in [0, 0.05) is 45.2 Å². The van der Waals surface area contributed by atoms with Crippen LogP contribution in [0.5, 0.6) is 5.75 Å². The first-order chi connectivity index (χ1) is 13.1. The summed E-state index contributed by atoms with van der Waals surface area (Å²) >= 11 is 0. The third-order valence-corrected chi connectivity index (χ3v) is 4.83. The molecular formula is C21H25N3O3. The van der Waals surface area contributed by atoms with E-state index >= 15 is 0 Å². The standard InChI is InChI=1S/C21H25N3O3/c1-16-6-8-19(27-2)17(15-16)18(25)7-9-21(26)24-13-11-23(12-14-24)20-5-3-4-10-22-20/h3-6,8,10,15H,7,9,11-14H2,1-2H3. The number of carbonyl (C=O) groups excluding carboxylic acids is 2. The van der Waals surface area contributed by atoms with Crippen molar-refractivity contribution >= 4 is 17.5 Å². The highest BCUT2D eigenvalue weighted by Crippen LogP contribution is 2.22. The molecule has 0 radical (unpaired) electrons. The number of Topliss-reactive ketones (excluding diaryl/α,β-unsaturated/α-hetero) is 1. The van der Waals surface area contributed by atoms with Crippen LogP contribution in [0.25, 0.3) is 0 Å². The molecule has 0 spiro atoms. The molecule has 0 N–H and O–H groups in total. The van der Waals surface area contributed by atoms with Crippen LogP contribution in [0.2, 0.25) is 0 Å². The molecule has 6 heteroatoms. The summed E-state index contributed by atoms with van der Waals surface area (Å²) in [5, 5.41) is 0. The molecule has 6 nitrogen and oxygen atoms in total. The van der Waals surface area contributed by atoms with Gasteiger partial charge in [-0.1, -0.05) is 17.7 Å². The minimum absolute atomic E-state index is 0.0237. The van der Waals surface area contributed by atoms with Crippen molar-refractivity contribution in [3.63, 3.8) is 0 Å². The van der Waals surface area contributed by atoms with Gasteiger partial charge in [0.25, 0.3) is 0 Å². The van der Waals surface area contributed by atoms with Gasteiger partial charge in [-0.3, -0.25) is 9.59 Å². The van der Waals surface area contributed by atoms with E-state index < -0.39 is 0 Å². The van der Waals surface area contributed by atoms with Gasteiger partial charge in [0.2, 0.25) is 5.91 Å². The fourth-order valence-electron chi connectivity index (χ4n) is 3.28. The number of hydrogen-bond acceptors (Lipinski definition) is 5. The number of rotatable bonds is 6. The van der Waals surface area contributed by atoms with E-state index in [4.69, 9.17) is 4.74 Å². The van der Waals surface area contributed by atoms with Crippen LogP contribution in [0.15, 0.2) is 42.6 Å². The Morgan fingerprint density at radius 3 is 2.52 bits per heavy atom. The van der Waals surface area contributed by atoms with E-state index in [1.807, 2.05) is 42.2 Å². The zero-order valence-electron chi connectivity index (χ0n) is 15.9. The van der Waals surface area contributed by atoms with Gasteiger partial charge in [0.15, 0.2) is 5.78 Å². The second-order valence-electron chi connectivity index (χ2n) is 6.68. The number of aryl methyl sites for hydroxylation is 1. The van der Waals surface area contributed by atoms with E-state index in [9.17, 15) is 9.59 Å². The first kappa shape index (κ1) is 18.9. The van der Waals surface area contributed by atoms with Crippen molar-refractivity contribution in [1.82, 2.24) is 9.88 Å². The molecule has 0 bridgehead atoms. The number of amides is 1. The molecule has 1 saturated heterocycles. The van der Waals surface area contributed by atoms with Crippen LogP contribution in [-0.2, 0) is 4.79 Å². The summed E-state index contributed by atoms with van der Waals surface area (Å²) in [6.45, 7) is 4.74. The summed E-state index contributed by atoms with van der Waals surface area (Å²) in [6.07, 6.45) is 2.19. The lowest BCUT2D eigenvalue weighted by molar-refractivity contribution is -0.131. The van der Waals surface area contributed by atoms with Crippen molar-refractivity contribution in [3.8, 4) is 5.75 Å². The van der Waals surface area contributed by atoms with Crippen LogP contribution >= 0.6 is 0 Å². The molecule has 0 atom stereocenters. The Bertz CT molecular complexity index is 800. The largest absolute Gasteiger partial charge is 0.496 e. The van der Waals surface area contributed by atoms with E-state index in [2.05, 4.69) is 9.88 Å². The number of piperazine rings is 1. The maximum Gasteiger partial charge on any atom is 0.223 e. The number of aromatic nitrogens is 1. The van der Waals surface area contributed by atoms with Gasteiger partial charge >= 0.3 is 0 Å². The fraction of sp³-hybridized carbons (Fsp3) is 0.381. The monoisotopic (exact) mass is 367 g/mol. The predicted molar refractivity (Wildman–Crippen MR) is 104 cm³/mol. The van der Waals surface area contributed by atoms with Gasteiger partial charge in [-0.2, -0.15) is 0 Å². The van der Waals surface area contributed by atoms with Gasteiger partial charge in [0.05, 0.1) is 12.7 Å². The van der Waals surface area contributed by atoms with Gasteiger partial charge in [-0.05, 0) is 31.2 Å². The van der Waals surface area contributed by atoms with Crippen LogP contribution < -0.4 is 9.64 Å². The normalized spacial score (nSPS) is 14.1. The Kier molecular flexibility index (Phi) is 6.06. The van der Waals surface area contributed by atoms with Gasteiger partial charge in [-0.25, -0.2) is 4.98 Å². The lowest BCUT2D eigenvalue weighted by atomic mass is 10.0. The molecule has 142 valence electrons. The van der Waals surface area contributed by atoms with Crippen molar-refractivity contribution in [3.05, 3.63) is 53.7 Å². The van der Waals surface area contributed by atoms with E-state index in [1.165, 1.54) is 0 Å². The molecule has 0 saturated carbocycles. The average Bonchev–Trinajstić information content (AvgIpc) is 2.72. The van der Waals surface area contributed by atoms with Crippen molar-refractivity contribution in [2.45, 2.75) is 19.8 Å². The third kappa shape index (κ3) is 4.64. The molecule has 1 aromatic heterocycles. The zero-order valence-corrected chi connectivity index (χ0v) is 15.9. The lowest BCUT2D eigenvalue weighted by Crippen LogP contribution is -2.49. The van der Waals surface area contributed by atoms with Crippen LogP contribution in [0.3, 0.4) is 0 Å². The van der Waals surface area contributed by atoms with Crippen LogP contribution in [-0.4, -0.2) is 54.9 Å². The fourth-order valence-corrected chi connectivity index (χ4v) is 3.28.